The summed E-state index contributed by atoms with van der Waals surface area (Å²) in [7, 11) is 0. The lowest BCUT2D eigenvalue weighted by molar-refractivity contribution is 0.0311. The van der Waals surface area contributed by atoms with Gasteiger partial charge in [-0.05, 0) is 17.7 Å². The van der Waals surface area contributed by atoms with Gasteiger partial charge in [-0.25, -0.2) is 0 Å². The van der Waals surface area contributed by atoms with E-state index in [4.69, 9.17) is 9.47 Å². The minimum absolute atomic E-state index is 0.659. The van der Waals surface area contributed by atoms with Crippen LogP contribution in [0, 0.1) is 0 Å². The Morgan fingerprint density at radius 1 is 0.618 bits per heavy atom. The SMILES string of the molecule is CCNCCN1CCN(Cc2ccccc2)CCOCCOCCN(Cc2ccccc2)CC1. The molecule has 0 amide bonds. The van der Waals surface area contributed by atoms with Crippen molar-refractivity contribution >= 4 is 0 Å². The first-order chi connectivity index (χ1) is 16.8. The number of rotatable bonds is 8. The topological polar surface area (TPSA) is 40.2 Å². The van der Waals surface area contributed by atoms with Gasteiger partial charge in [0.25, 0.3) is 0 Å². The number of likely N-dealkylation sites (N-methyl/N-ethyl adjacent to an activating group) is 1. The summed E-state index contributed by atoms with van der Waals surface area (Å²) in [5.41, 5.74) is 2.72. The molecule has 6 heteroatoms. The summed E-state index contributed by atoms with van der Waals surface area (Å²) in [4.78, 5) is 7.66. The van der Waals surface area contributed by atoms with Gasteiger partial charge in [0.2, 0.25) is 0 Å². The third-order valence-electron chi connectivity index (χ3n) is 6.29. The lowest BCUT2D eigenvalue weighted by atomic mass is 10.2. The molecule has 1 aliphatic rings. The molecule has 2 aromatic rings. The second-order valence-electron chi connectivity index (χ2n) is 8.94. The Morgan fingerprint density at radius 2 is 1.09 bits per heavy atom. The van der Waals surface area contributed by atoms with E-state index in [-0.39, 0.29) is 0 Å². The Kier molecular flexibility index (Phi) is 13.2. The van der Waals surface area contributed by atoms with Crippen LogP contribution >= 0.6 is 0 Å². The van der Waals surface area contributed by atoms with Crippen LogP contribution in [-0.4, -0.2) is 100 Å². The summed E-state index contributed by atoms with van der Waals surface area (Å²) < 4.78 is 11.8. The van der Waals surface area contributed by atoms with Crippen LogP contribution in [0.5, 0.6) is 0 Å². The molecule has 0 aliphatic carbocycles. The van der Waals surface area contributed by atoms with Gasteiger partial charge >= 0.3 is 0 Å². The van der Waals surface area contributed by atoms with Crippen LogP contribution in [0.25, 0.3) is 0 Å². The minimum atomic E-state index is 0.659. The van der Waals surface area contributed by atoms with Crippen molar-refractivity contribution in [2.24, 2.45) is 0 Å². The lowest BCUT2D eigenvalue weighted by Crippen LogP contribution is -2.43. The zero-order chi connectivity index (χ0) is 23.7. The molecule has 0 saturated carbocycles. The summed E-state index contributed by atoms with van der Waals surface area (Å²) in [5.74, 6) is 0. The maximum absolute atomic E-state index is 5.90. The number of nitrogens with one attached hydrogen (secondary N) is 1. The van der Waals surface area contributed by atoms with Gasteiger partial charge in [0.15, 0.2) is 0 Å². The van der Waals surface area contributed by atoms with Crippen LogP contribution in [0.15, 0.2) is 60.7 Å². The molecule has 1 fully saturated rings. The van der Waals surface area contributed by atoms with E-state index < -0.39 is 0 Å². The first-order valence-corrected chi connectivity index (χ1v) is 12.9. The quantitative estimate of drug-likeness (QED) is 0.601. The highest BCUT2D eigenvalue weighted by molar-refractivity contribution is 5.15. The fourth-order valence-corrected chi connectivity index (χ4v) is 4.25. The Hall–Kier alpha value is -1.80. The molecule has 1 N–H and O–H groups in total. The number of benzene rings is 2. The van der Waals surface area contributed by atoms with Crippen molar-refractivity contribution < 1.29 is 9.47 Å². The molecule has 0 spiro atoms. The molecule has 188 valence electrons. The summed E-state index contributed by atoms with van der Waals surface area (Å²) in [6.07, 6.45) is 0. The molecule has 1 aliphatic heterocycles. The summed E-state index contributed by atoms with van der Waals surface area (Å²) in [6, 6.07) is 21.5. The van der Waals surface area contributed by atoms with Gasteiger partial charge in [0.05, 0.1) is 26.4 Å². The Labute approximate surface area is 206 Å². The van der Waals surface area contributed by atoms with Crippen molar-refractivity contribution in [3.63, 3.8) is 0 Å². The van der Waals surface area contributed by atoms with Crippen LogP contribution in [0.1, 0.15) is 18.1 Å². The zero-order valence-electron chi connectivity index (χ0n) is 21.0. The standard InChI is InChI=1S/C28H44N4O2/c1-2-29-13-14-30-15-17-31(25-27-9-5-3-6-10-27)19-21-33-23-24-34-22-20-32(18-16-30)26-28-11-7-4-8-12-28/h3-12,29H,2,13-26H2,1H3. The molecule has 2 aromatic carbocycles. The van der Waals surface area contributed by atoms with E-state index in [0.717, 1.165) is 85.2 Å². The van der Waals surface area contributed by atoms with E-state index in [1.165, 1.54) is 11.1 Å². The maximum Gasteiger partial charge on any atom is 0.0701 e. The van der Waals surface area contributed by atoms with Crippen molar-refractivity contribution in [1.82, 2.24) is 20.0 Å². The highest BCUT2D eigenvalue weighted by Crippen LogP contribution is 2.07. The van der Waals surface area contributed by atoms with Crippen LogP contribution in [-0.2, 0) is 22.6 Å². The van der Waals surface area contributed by atoms with E-state index in [1.54, 1.807) is 0 Å². The van der Waals surface area contributed by atoms with Gasteiger partial charge in [-0.1, -0.05) is 67.6 Å². The number of ether oxygens (including phenoxy) is 2. The van der Waals surface area contributed by atoms with E-state index in [0.29, 0.717) is 13.2 Å². The normalized spacial score (nSPS) is 18.9. The van der Waals surface area contributed by atoms with Gasteiger partial charge < -0.3 is 14.8 Å². The second kappa shape index (κ2) is 16.8. The maximum atomic E-state index is 5.90. The van der Waals surface area contributed by atoms with E-state index in [2.05, 4.69) is 87.6 Å². The fraction of sp³-hybridized carbons (Fsp3) is 0.571. The molecule has 0 aromatic heterocycles. The van der Waals surface area contributed by atoms with Crippen molar-refractivity contribution in [2.45, 2.75) is 20.0 Å². The third kappa shape index (κ3) is 11.1. The highest BCUT2D eigenvalue weighted by atomic mass is 16.5. The first kappa shape index (κ1) is 26.8. The van der Waals surface area contributed by atoms with Crippen LogP contribution in [0.4, 0.5) is 0 Å². The van der Waals surface area contributed by atoms with Gasteiger partial charge in [-0.3, -0.25) is 14.7 Å². The Morgan fingerprint density at radius 3 is 1.56 bits per heavy atom. The number of hydrogen-bond donors (Lipinski definition) is 1. The van der Waals surface area contributed by atoms with Crippen molar-refractivity contribution in [1.29, 1.82) is 0 Å². The van der Waals surface area contributed by atoms with Crippen LogP contribution in [0.3, 0.4) is 0 Å². The van der Waals surface area contributed by atoms with Crippen LogP contribution < -0.4 is 5.32 Å². The second-order valence-corrected chi connectivity index (χ2v) is 8.94. The molecule has 34 heavy (non-hydrogen) atoms. The monoisotopic (exact) mass is 468 g/mol. The Balaban J connectivity index is 1.63. The van der Waals surface area contributed by atoms with Crippen molar-refractivity contribution in [2.75, 3.05) is 85.3 Å². The average Bonchev–Trinajstić information content (AvgIpc) is 2.87. The van der Waals surface area contributed by atoms with Gasteiger partial charge in [-0.2, -0.15) is 0 Å². The molecule has 0 radical (unpaired) electrons. The predicted molar refractivity (Wildman–Crippen MR) is 140 cm³/mol. The smallest absolute Gasteiger partial charge is 0.0701 e. The zero-order valence-corrected chi connectivity index (χ0v) is 21.0. The minimum Gasteiger partial charge on any atom is -0.378 e. The van der Waals surface area contributed by atoms with E-state index in [1.807, 2.05) is 0 Å². The lowest BCUT2D eigenvalue weighted by Gasteiger charge is -2.30. The number of hydrogen-bond acceptors (Lipinski definition) is 6. The largest absolute Gasteiger partial charge is 0.378 e. The van der Waals surface area contributed by atoms with E-state index in [9.17, 15) is 0 Å². The van der Waals surface area contributed by atoms with E-state index >= 15 is 0 Å². The molecule has 0 unspecified atom stereocenters. The number of nitrogens with zero attached hydrogens (tertiary/aromatic N) is 3. The molecule has 1 saturated heterocycles. The van der Waals surface area contributed by atoms with Crippen molar-refractivity contribution in [3.8, 4) is 0 Å². The van der Waals surface area contributed by atoms with Gasteiger partial charge in [0, 0.05) is 65.4 Å². The molecule has 6 nitrogen and oxygen atoms in total. The summed E-state index contributed by atoms with van der Waals surface area (Å²) in [6.45, 7) is 16.1. The average molecular weight is 469 g/mol. The van der Waals surface area contributed by atoms with Gasteiger partial charge in [-0.15, -0.1) is 0 Å². The predicted octanol–water partition coefficient (Wildman–Crippen LogP) is 2.95. The Bertz CT molecular complexity index is 687. The molecule has 0 atom stereocenters. The van der Waals surface area contributed by atoms with Crippen molar-refractivity contribution in [3.05, 3.63) is 71.8 Å². The highest BCUT2D eigenvalue weighted by Gasteiger charge is 2.14. The molecule has 1 heterocycles. The summed E-state index contributed by atoms with van der Waals surface area (Å²) >= 11 is 0. The van der Waals surface area contributed by atoms with Gasteiger partial charge in [0.1, 0.15) is 0 Å². The fourth-order valence-electron chi connectivity index (χ4n) is 4.25. The van der Waals surface area contributed by atoms with Crippen LogP contribution in [0.2, 0.25) is 0 Å². The summed E-state index contributed by atoms with van der Waals surface area (Å²) in [5, 5.41) is 3.50. The first-order valence-electron chi connectivity index (χ1n) is 12.9. The molecular formula is C28H44N4O2. The third-order valence-corrected chi connectivity index (χ3v) is 6.29. The molecule has 3 rings (SSSR count). The molecular weight excluding hydrogens is 424 g/mol. The molecule has 0 bridgehead atoms.